The summed E-state index contributed by atoms with van der Waals surface area (Å²) >= 11 is 0. The van der Waals surface area contributed by atoms with E-state index in [1.165, 1.54) is 0 Å². The molecule has 2 aliphatic rings. The van der Waals surface area contributed by atoms with E-state index in [1.807, 2.05) is 17.6 Å². The first-order valence-electron chi connectivity index (χ1n) is 9.78. The van der Waals surface area contributed by atoms with Crippen LogP contribution in [0.25, 0.3) is 5.69 Å². The Morgan fingerprint density at radius 3 is 2.53 bits per heavy atom. The van der Waals surface area contributed by atoms with Crippen molar-refractivity contribution in [2.75, 3.05) is 6.54 Å². The zero-order chi connectivity index (χ0) is 21.7. The number of imide groups is 1. The molecule has 1 aliphatic heterocycles. The summed E-state index contributed by atoms with van der Waals surface area (Å²) in [5, 5.41) is 2.56. The maximum absolute atomic E-state index is 13.5. The van der Waals surface area contributed by atoms with Crippen molar-refractivity contribution in [3.05, 3.63) is 47.5 Å². The zero-order valence-electron chi connectivity index (χ0n) is 16.7. The van der Waals surface area contributed by atoms with E-state index in [4.69, 9.17) is 0 Å². The number of rotatable bonds is 4. The summed E-state index contributed by atoms with van der Waals surface area (Å²) in [6.07, 6.45) is 2.13. The van der Waals surface area contributed by atoms with E-state index in [2.05, 4.69) is 10.3 Å². The van der Waals surface area contributed by atoms with Crippen molar-refractivity contribution in [1.29, 1.82) is 0 Å². The number of alkyl halides is 2. The van der Waals surface area contributed by atoms with Gasteiger partial charge < -0.3 is 9.88 Å². The number of aromatic nitrogens is 2. The average Bonchev–Trinajstić information content (AvgIpc) is 3.13. The Labute approximate surface area is 172 Å². The maximum atomic E-state index is 13.5. The minimum Gasteiger partial charge on any atom is -0.323 e. The Balaban J connectivity index is 1.55. The minimum atomic E-state index is -2.83. The minimum absolute atomic E-state index is 0.134. The Bertz CT molecular complexity index is 1020. The monoisotopic (exact) mass is 416 g/mol. The number of amides is 3. The highest BCUT2D eigenvalue weighted by Gasteiger charge is 2.55. The second-order valence-electron chi connectivity index (χ2n) is 8.01. The molecule has 1 saturated carbocycles. The van der Waals surface area contributed by atoms with E-state index < -0.39 is 42.8 Å². The van der Waals surface area contributed by atoms with Crippen LogP contribution in [-0.4, -0.2) is 50.2 Å². The molecule has 0 atom stereocenters. The van der Waals surface area contributed by atoms with Gasteiger partial charge in [-0.1, -0.05) is 0 Å². The van der Waals surface area contributed by atoms with Crippen molar-refractivity contribution in [2.45, 2.75) is 51.0 Å². The van der Waals surface area contributed by atoms with Gasteiger partial charge in [0, 0.05) is 36.0 Å². The molecule has 158 valence electrons. The van der Waals surface area contributed by atoms with Crippen LogP contribution in [0.4, 0.5) is 13.6 Å². The summed E-state index contributed by atoms with van der Waals surface area (Å²) in [6, 6.07) is 4.65. The van der Waals surface area contributed by atoms with E-state index in [-0.39, 0.29) is 18.6 Å². The number of halogens is 2. The lowest BCUT2D eigenvalue weighted by molar-refractivity contribution is -0.135. The average molecular weight is 416 g/mol. The number of hydrogen-bond acceptors (Lipinski definition) is 4. The molecule has 30 heavy (non-hydrogen) atoms. The van der Waals surface area contributed by atoms with Crippen LogP contribution in [0.2, 0.25) is 0 Å². The second kappa shape index (κ2) is 7.00. The van der Waals surface area contributed by atoms with Gasteiger partial charge in [-0.3, -0.25) is 19.5 Å². The first kappa shape index (κ1) is 20.2. The predicted octanol–water partition coefficient (Wildman–Crippen LogP) is 3.17. The molecule has 0 unspecified atom stereocenters. The van der Waals surface area contributed by atoms with E-state index in [0.29, 0.717) is 11.3 Å². The van der Waals surface area contributed by atoms with Crippen molar-refractivity contribution < 1.29 is 23.2 Å². The molecule has 0 radical (unpaired) electrons. The van der Waals surface area contributed by atoms with Gasteiger partial charge >= 0.3 is 6.03 Å². The lowest BCUT2D eigenvalue weighted by atomic mass is 9.80. The van der Waals surface area contributed by atoms with Crippen LogP contribution < -0.4 is 5.32 Å². The maximum Gasteiger partial charge on any atom is 0.325 e. The molecule has 1 saturated heterocycles. The summed E-state index contributed by atoms with van der Waals surface area (Å²) in [5.74, 6) is -3.82. The number of Topliss-reactive ketones (excluding diaryl/α,β-unsaturated/α-hetero) is 1. The number of ketones is 1. The van der Waals surface area contributed by atoms with Gasteiger partial charge in [0.25, 0.3) is 5.91 Å². The largest absolute Gasteiger partial charge is 0.325 e. The summed E-state index contributed by atoms with van der Waals surface area (Å²) in [7, 11) is 0. The fourth-order valence-electron chi connectivity index (χ4n) is 4.36. The highest BCUT2D eigenvalue weighted by molar-refractivity contribution is 6.11. The number of urea groups is 1. The molecule has 1 spiro atoms. The molecular formula is C21H22F2N4O3. The fourth-order valence-corrected chi connectivity index (χ4v) is 4.36. The molecule has 2 aromatic rings. The van der Waals surface area contributed by atoms with Gasteiger partial charge in [0.05, 0.1) is 18.4 Å². The molecule has 7 nitrogen and oxygen atoms in total. The van der Waals surface area contributed by atoms with Crippen LogP contribution in [0.3, 0.4) is 0 Å². The van der Waals surface area contributed by atoms with Gasteiger partial charge in [-0.05, 0) is 44.9 Å². The van der Waals surface area contributed by atoms with Crippen LogP contribution in [0, 0.1) is 13.8 Å². The summed E-state index contributed by atoms with van der Waals surface area (Å²) in [6.45, 7) is 3.20. The second-order valence-corrected chi connectivity index (χ2v) is 8.01. The Morgan fingerprint density at radius 1 is 1.20 bits per heavy atom. The first-order valence-corrected chi connectivity index (χ1v) is 9.78. The van der Waals surface area contributed by atoms with Gasteiger partial charge in [0.1, 0.15) is 5.54 Å². The number of hydrogen-bond donors (Lipinski definition) is 1. The van der Waals surface area contributed by atoms with Crippen LogP contribution >= 0.6 is 0 Å². The van der Waals surface area contributed by atoms with Gasteiger partial charge in [0.2, 0.25) is 5.92 Å². The predicted molar refractivity (Wildman–Crippen MR) is 104 cm³/mol. The molecule has 1 aliphatic carbocycles. The summed E-state index contributed by atoms with van der Waals surface area (Å²) in [5.41, 5.74) is 1.35. The smallest absolute Gasteiger partial charge is 0.323 e. The zero-order valence-corrected chi connectivity index (χ0v) is 16.7. The third-order valence-electron chi connectivity index (χ3n) is 6.02. The van der Waals surface area contributed by atoms with E-state index in [9.17, 15) is 23.2 Å². The van der Waals surface area contributed by atoms with Gasteiger partial charge in [-0.2, -0.15) is 0 Å². The number of pyridine rings is 1. The van der Waals surface area contributed by atoms with E-state index >= 15 is 0 Å². The van der Waals surface area contributed by atoms with Crippen molar-refractivity contribution in [3.63, 3.8) is 0 Å². The molecule has 2 aromatic heterocycles. The van der Waals surface area contributed by atoms with Crippen molar-refractivity contribution in [1.82, 2.24) is 19.8 Å². The highest BCUT2D eigenvalue weighted by Crippen LogP contribution is 2.41. The Morgan fingerprint density at radius 2 is 1.90 bits per heavy atom. The van der Waals surface area contributed by atoms with Crippen LogP contribution in [-0.2, 0) is 4.79 Å². The SMILES string of the molecule is Cc1cc(C(=O)CN2C(=O)NC3(CCC(F)(F)CC3)C2=O)c(C)n1-c1cccnc1. The summed E-state index contributed by atoms with van der Waals surface area (Å²) < 4.78 is 28.9. The number of nitrogens with zero attached hydrogens (tertiary/aromatic N) is 3. The Hall–Kier alpha value is -3.10. The third kappa shape index (κ3) is 3.28. The molecule has 2 fully saturated rings. The lowest BCUT2D eigenvalue weighted by Crippen LogP contribution is -2.51. The van der Waals surface area contributed by atoms with Crippen molar-refractivity contribution in [2.24, 2.45) is 0 Å². The molecule has 0 aromatic carbocycles. The lowest BCUT2D eigenvalue weighted by Gasteiger charge is -2.34. The highest BCUT2D eigenvalue weighted by atomic mass is 19.3. The first-order chi connectivity index (χ1) is 14.1. The van der Waals surface area contributed by atoms with Gasteiger partial charge in [0.15, 0.2) is 5.78 Å². The standard InChI is InChI=1S/C21H22F2N4O3/c1-13-10-16(14(2)27(13)15-4-3-9-24-11-15)17(28)12-26-18(29)20(25-19(26)30)5-7-21(22,23)8-6-20/h3-4,9-11H,5-8,12H2,1-2H3,(H,25,30). The molecule has 3 amide bonds. The molecule has 9 heteroatoms. The topological polar surface area (TPSA) is 84.3 Å². The fraction of sp³-hybridized carbons (Fsp3) is 0.429. The number of nitrogens with one attached hydrogen (secondary N) is 1. The van der Waals surface area contributed by atoms with Crippen LogP contribution in [0.5, 0.6) is 0 Å². The quantitative estimate of drug-likeness (QED) is 0.613. The molecule has 4 rings (SSSR count). The normalized spacial score (nSPS) is 19.9. The molecule has 0 bridgehead atoms. The number of carbonyl (C=O) groups is 3. The van der Waals surface area contributed by atoms with E-state index in [0.717, 1.165) is 16.3 Å². The molecule has 1 N–H and O–H groups in total. The van der Waals surface area contributed by atoms with Gasteiger partial charge in [-0.25, -0.2) is 13.6 Å². The van der Waals surface area contributed by atoms with Gasteiger partial charge in [-0.15, -0.1) is 0 Å². The summed E-state index contributed by atoms with van der Waals surface area (Å²) in [4.78, 5) is 43.2. The number of aryl methyl sites for hydroxylation is 1. The van der Waals surface area contributed by atoms with E-state index in [1.54, 1.807) is 31.5 Å². The molecule has 3 heterocycles. The third-order valence-corrected chi connectivity index (χ3v) is 6.02. The van der Waals surface area contributed by atoms with Crippen LogP contribution in [0.15, 0.2) is 30.6 Å². The van der Waals surface area contributed by atoms with Crippen LogP contribution in [0.1, 0.15) is 47.4 Å². The Kier molecular flexibility index (Phi) is 4.71. The number of carbonyl (C=O) groups excluding carboxylic acids is 3. The van der Waals surface area contributed by atoms with Crippen molar-refractivity contribution >= 4 is 17.7 Å². The molecular weight excluding hydrogens is 394 g/mol. The van der Waals surface area contributed by atoms with Crippen molar-refractivity contribution in [3.8, 4) is 5.69 Å².